The average Bonchev–Trinajstić information content (AvgIpc) is 2.61. The minimum atomic E-state index is -0.641. The lowest BCUT2D eigenvalue weighted by Gasteiger charge is -2.31. The normalized spacial score (nSPS) is 13.1. The van der Waals surface area contributed by atoms with Crippen molar-refractivity contribution in [3.63, 3.8) is 0 Å². The SMILES string of the molecule is CCCOc1ccc(CC(CO)N(CC(=O)OC(C)(C)C)CC(=O)OC(C)(C)C)cc1. The lowest BCUT2D eigenvalue weighted by Crippen LogP contribution is -2.47. The van der Waals surface area contributed by atoms with Crippen LogP contribution < -0.4 is 4.74 Å². The van der Waals surface area contributed by atoms with Gasteiger partial charge in [0.05, 0.1) is 26.3 Å². The molecule has 0 aliphatic heterocycles. The van der Waals surface area contributed by atoms with Gasteiger partial charge in [0.25, 0.3) is 0 Å². The molecule has 7 nitrogen and oxygen atoms in total. The molecule has 0 aromatic heterocycles. The molecule has 1 aromatic carbocycles. The van der Waals surface area contributed by atoms with Gasteiger partial charge >= 0.3 is 11.9 Å². The number of hydrogen-bond acceptors (Lipinski definition) is 7. The third-order valence-electron chi connectivity index (χ3n) is 4.10. The van der Waals surface area contributed by atoms with E-state index in [1.807, 2.05) is 31.2 Å². The first-order chi connectivity index (χ1) is 14.3. The van der Waals surface area contributed by atoms with Crippen LogP contribution in [-0.2, 0) is 25.5 Å². The van der Waals surface area contributed by atoms with Gasteiger partial charge < -0.3 is 19.3 Å². The third-order valence-corrected chi connectivity index (χ3v) is 4.10. The van der Waals surface area contributed by atoms with E-state index in [4.69, 9.17) is 14.2 Å². The first-order valence-electron chi connectivity index (χ1n) is 10.8. The van der Waals surface area contributed by atoms with Gasteiger partial charge in [-0.3, -0.25) is 14.5 Å². The largest absolute Gasteiger partial charge is 0.494 e. The Balaban J connectivity index is 2.95. The van der Waals surface area contributed by atoms with Gasteiger partial charge in [0.2, 0.25) is 0 Å². The standard InChI is InChI=1S/C24H39NO6/c1-8-13-29-20-11-9-18(10-12-20)14-19(17-26)25(15-21(27)30-23(2,3)4)16-22(28)31-24(5,6)7/h9-12,19,26H,8,13-17H2,1-7H3. The molecule has 1 N–H and O–H groups in total. The Labute approximate surface area is 186 Å². The van der Waals surface area contributed by atoms with Crippen LogP contribution >= 0.6 is 0 Å². The van der Waals surface area contributed by atoms with Crippen molar-refractivity contribution in [2.24, 2.45) is 0 Å². The minimum Gasteiger partial charge on any atom is -0.494 e. The molecule has 0 saturated heterocycles. The number of rotatable bonds is 11. The maximum atomic E-state index is 12.4. The summed E-state index contributed by atoms with van der Waals surface area (Å²) in [7, 11) is 0. The number of hydrogen-bond donors (Lipinski definition) is 1. The maximum absolute atomic E-state index is 12.4. The molecule has 0 aliphatic rings. The summed E-state index contributed by atoms with van der Waals surface area (Å²) in [5.74, 6) is -0.138. The van der Waals surface area contributed by atoms with Crippen LogP contribution in [-0.4, -0.2) is 65.5 Å². The number of ether oxygens (including phenoxy) is 3. The molecule has 0 radical (unpaired) electrons. The monoisotopic (exact) mass is 437 g/mol. The third kappa shape index (κ3) is 11.7. The van der Waals surface area contributed by atoms with E-state index in [-0.39, 0.29) is 19.7 Å². The molecule has 1 rings (SSSR count). The van der Waals surface area contributed by atoms with Crippen molar-refractivity contribution in [2.75, 3.05) is 26.3 Å². The summed E-state index contributed by atoms with van der Waals surface area (Å²) in [5, 5.41) is 10.0. The van der Waals surface area contributed by atoms with E-state index in [1.165, 1.54) is 0 Å². The van der Waals surface area contributed by atoms with Gasteiger partial charge in [-0.05, 0) is 72.1 Å². The molecular formula is C24H39NO6. The first-order valence-corrected chi connectivity index (χ1v) is 10.8. The Morgan fingerprint density at radius 1 is 0.935 bits per heavy atom. The van der Waals surface area contributed by atoms with Crippen molar-refractivity contribution in [1.82, 2.24) is 4.90 Å². The topological polar surface area (TPSA) is 85.3 Å². The molecule has 0 saturated carbocycles. The molecule has 7 heteroatoms. The number of esters is 2. The number of benzene rings is 1. The van der Waals surface area contributed by atoms with Crippen molar-refractivity contribution in [2.45, 2.75) is 78.6 Å². The van der Waals surface area contributed by atoms with Gasteiger partial charge in [-0.2, -0.15) is 0 Å². The van der Waals surface area contributed by atoms with Crippen LogP contribution in [0.4, 0.5) is 0 Å². The highest BCUT2D eigenvalue weighted by Crippen LogP contribution is 2.17. The molecule has 0 aliphatic carbocycles. The Bertz CT molecular complexity index is 658. The molecule has 176 valence electrons. The van der Waals surface area contributed by atoms with E-state index in [9.17, 15) is 14.7 Å². The second-order valence-electron chi connectivity index (χ2n) is 9.61. The quantitative estimate of drug-likeness (QED) is 0.531. The smallest absolute Gasteiger partial charge is 0.320 e. The van der Waals surface area contributed by atoms with Crippen molar-refractivity contribution < 1.29 is 28.9 Å². The Morgan fingerprint density at radius 3 is 1.81 bits per heavy atom. The van der Waals surface area contributed by atoms with Gasteiger partial charge in [0.1, 0.15) is 17.0 Å². The minimum absolute atomic E-state index is 0.126. The molecule has 1 aromatic rings. The summed E-state index contributed by atoms with van der Waals surface area (Å²) in [6, 6.07) is 7.15. The van der Waals surface area contributed by atoms with Crippen molar-refractivity contribution >= 4 is 11.9 Å². The molecule has 0 amide bonds. The van der Waals surface area contributed by atoms with Gasteiger partial charge in [0.15, 0.2) is 0 Å². The van der Waals surface area contributed by atoms with Crippen molar-refractivity contribution in [3.05, 3.63) is 29.8 Å². The van der Waals surface area contributed by atoms with Crippen molar-refractivity contribution in [1.29, 1.82) is 0 Å². The molecule has 1 atom stereocenters. The lowest BCUT2D eigenvalue weighted by molar-refractivity contribution is -0.161. The first kappa shape index (κ1) is 26.9. The van der Waals surface area contributed by atoms with E-state index in [0.29, 0.717) is 13.0 Å². The summed E-state index contributed by atoms with van der Waals surface area (Å²) >= 11 is 0. The van der Waals surface area contributed by atoms with Crippen molar-refractivity contribution in [3.8, 4) is 5.75 Å². The summed E-state index contributed by atoms with van der Waals surface area (Å²) in [5.41, 5.74) is -0.323. The van der Waals surface area contributed by atoms with Gasteiger partial charge in [-0.15, -0.1) is 0 Å². The molecule has 1 unspecified atom stereocenters. The highest BCUT2D eigenvalue weighted by atomic mass is 16.6. The highest BCUT2D eigenvalue weighted by Gasteiger charge is 2.28. The Hall–Kier alpha value is -2.12. The fourth-order valence-electron chi connectivity index (χ4n) is 2.92. The summed E-state index contributed by atoms with van der Waals surface area (Å²) in [6.07, 6.45) is 1.38. The molecule has 31 heavy (non-hydrogen) atoms. The van der Waals surface area contributed by atoms with Gasteiger partial charge in [-0.1, -0.05) is 19.1 Å². The van der Waals surface area contributed by atoms with E-state index in [2.05, 4.69) is 0 Å². The molecule has 0 heterocycles. The van der Waals surface area contributed by atoms with E-state index in [0.717, 1.165) is 17.7 Å². The van der Waals surface area contributed by atoms with Crippen LogP contribution in [0, 0.1) is 0 Å². The fraction of sp³-hybridized carbons (Fsp3) is 0.667. The number of carbonyl (C=O) groups excluding carboxylic acids is 2. The number of aliphatic hydroxyl groups excluding tert-OH is 1. The summed E-state index contributed by atoms with van der Waals surface area (Å²) in [6.45, 7) is 12.9. The van der Waals surface area contributed by atoms with Crippen LogP contribution in [0.3, 0.4) is 0 Å². The summed E-state index contributed by atoms with van der Waals surface area (Å²) in [4.78, 5) is 26.5. The maximum Gasteiger partial charge on any atom is 0.320 e. The second kappa shape index (κ2) is 12.1. The molecule has 0 fully saturated rings. The molecular weight excluding hydrogens is 398 g/mol. The van der Waals surface area contributed by atoms with Crippen LogP contribution in [0.5, 0.6) is 5.75 Å². The average molecular weight is 438 g/mol. The molecule has 0 spiro atoms. The second-order valence-corrected chi connectivity index (χ2v) is 9.61. The van der Waals surface area contributed by atoms with E-state index >= 15 is 0 Å². The van der Waals surface area contributed by atoms with E-state index < -0.39 is 29.2 Å². The number of carbonyl (C=O) groups is 2. The van der Waals surface area contributed by atoms with Crippen LogP contribution in [0.15, 0.2) is 24.3 Å². The zero-order valence-electron chi connectivity index (χ0n) is 20.1. The fourth-order valence-corrected chi connectivity index (χ4v) is 2.92. The van der Waals surface area contributed by atoms with E-state index in [1.54, 1.807) is 46.4 Å². The van der Waals surface area contributed by atoms with Crippen LogP contribution in [0.1, 0.15) is 60.5 Å². The predicted octanol–water partition coefficient (Wildman–Crippen LogP) is 3.36. The predicted molar refractivity (Wildman–Crippen MR) is 120 cm³/mol. The lowest BCUT2D eigenvalue weighted by atomic mass is 10.0. The summed E-state index contributed by atoms with van der Waals surface area (Å²) < 4.78 is 16.4. The highest BCUT2D eigenvalue weighted by molar-refractivity contribution is 5.75. The zero-order valence-corrected chi connectivity index (χ0v) is 20.1. The van der Waals surface area contributed by atoms with Crippen LogP contribution in [0.2, 0.25) is 0 Å². The molecule has 0 bridgehead atoms. The van der Waals surface area contributed by atoms with Crippen LogP contribution in [0.25, 0.3) is 0 Å². The van der Waals surface area contributed by atoms with Gasteiger partial charge in [-0.25, -0.2) is 0 Å². The number of aliphatic hydroxyl groups is 1. The Kier molecular flexibility index (Phi) is 10.5. The Morgan fingerprint density at radius 2 is 1.42 bits per heavy atom. The van der Waals surface area contributed by atoms with Gasteiger partial charge in [0, 0.05) is 6.04 Å². The zero-order chi connectivity index (χ0) is 23.7. The number of nitrogens with zero attached hydrogens (tertiary/aromatic N) is 1.